The van der Waals surface area contributed by atoms with Gasteiger partial charge in [-0.25, -0.2) is 9.59 Å². The van der Waals surface area contributed by atoms with Crippen LogP contribution in [0, 0.1) is 5.92 Å². The number of benzene rings is 2. The highest BCUT2D eigenvalue weighted by Gasteiger charge is 2.46. The predicted molar refractivity (Wildman–Crippen MR) is 106 cm³/mol. The Hall–Kier alpha value is -3.09. The lowest BCUT2D eigenvalue weighted by Crippen LogP contribution is -2.37. The second kappa shape index (κ2) is 9.41. The Kier molecular flexibility index (Phi) is 6.70. The number of carbonyl (C=O) groups is 3. The second-order valence-corrected chi connectivity index (χ2v) is 6.93. The van der Waals surface area contributed by atoms with E-state index < -0.39 is 41.9 Å². The monoisotopic (exact) mass is 392 g/mol. The lowest BCUT2D eigenvalue weighted by atomic mass is 9.83. The molecule has 2 aromatic carbocycles. The first-order chi connectivity index (χ1) is 14.0. The van der Waals surface area contributed by atoms with E-state index in [4.69, 9.17) is 22.1 Å². The average Bonchev–Trinajstić information content (AvgIpc) is 3.01. The molecule has 0 bridgehead atoms. The third kappa shape index (κ3) is 5.25. The van der Waals surface area contributed by atoms with Gasteiger partial charge in [0, 0.05) is 12.8 Å². The Bertz CT molecular complexity index is 854. The van der Waals surface area contributed by atoms with Crippen molar-refractivity contribution in [3.8, 4) is 0 Å². The Morgan fingerprint density at radius 2 is 1.41 bits per heavy atom. The highest BCUT2D eigenvalue weighted by Crippen LogP contribution is 2.39. The number of ether oxygens (including phenoxy) is 3. The van der Waals surface area contributed by atoms with Crippen molar-refractivity contribution in [2.45, 2.75) is 31.4 Å². The van der Waals surface area contributed by atoms with Crippen LogP contribution in [0.1, 0.15) is 34.1 Å². The van der Waals surface area contributed by atoms with Gasteiger partial charge < -0.3 is 14.2 Å². The Morgan fingerprint density at radius 3 is 1.97 bits per heavy atom. The minimum Gasteiger partial charge on any atom is -0.462 e. The fourth-order valence-electron chi connectivity index (χ4n) is 3.41. The van der Waals surface area contributed by atoms with Crippen molar-refractivity contribution < 1.29 is 28.6 Å². The second-order valence-electron chi connectivity index (χ2n) is 6.93. The molecule has 7 heteroatoms. The van der Waals surface area contributed by atoms with Gasteiger partial charge in [0.05, 0.1) is 25.6 Å². The molecule has 0 aromatic heterocycles. The Labute approximate surface area is 170 Å². The minimum atomic E-state index is -0.815. The molecule has 2 aromatic rings. The highest BCUT2D eigenvalue weighted by atomic mass is 16.6. The lowest BCUT2D eigenvalue weighted by Gasteiger charge is -2.26. The van der Waals surface area contributed by atoms with Crippen LogP contribution >= 0.6 is 0 Å². The molecule has 0 N–H and O–H groups in total. The Morgan fingerprint density at radius 1 is 0.862 bits per heavy atom. The number of rotatable bonds is 6. The van der Waals surface area contributed by atoms with E-state index in [1.54, 1.807) is 60.7 Å². The van der Waals surface area contributed by atoms with Crippen LogP contribution in [-0.2, 0) is 19.0 Å². The molecule has 2 radical (unpaired) electrons. The van der Waals surface area contributed by atoms with E-state index in [-0.39, 0.29) is 6.61 Å². The van der Waals surface area contributed by atoms with Gasteiger partial charge in [0.25, 0.3) is 0 Å². The van der Waals surface area contributed by atoms with Gasteiger partial charge in [0.1, 0.15) is 12.2 Å². The van der Waals surface area contributed by atoms with Crippen LogP contribution in [0.25, 0.3) is 0 Å². The maximum absolute atomic E-state index is 12.5. The molecule has 0 aliphatic heterocycles. The summed E-state index contributed by atoms with van der Waals surface area (Å²) in [6, 6.07) is 17.1. The first-order valence-corrected chi connectivity index (χ1v) is 9.36. The lowest BCUT2D eigenvalue weighted by molar-refractivity contribution is -0.152. The summed E-state index contributed by atoms with van der Waals surface area (Å²) in [5.41, 5.74) is 0.790. The topological polar surface area (TPSA) is 78.9 Å². The Balaban J connectivity index is 1.72. The summed E-state index contributed by atoms with van der Waals surface area (Å²) >= 11 is 0. The number of carbonyl (C=O) groups excluding carboxylic acids is 3. The number of esters is 3. The molecule has 6 nitrogen and oxygen atoms in total. The first kappa shape index (κ1) is 20.6. The van der Waals surface area contributed by atoms with Gasteiger partial charge >= 0.3 is 17.9 Å². The standard InChI is InChI=1S/C22H21BO6/c1-14(24)28-20-18(23)12-17(13-27-21(25)15-8-4-2-5-9-15)19(20)29-22(26)16-10-6-3-7-11-16/h2-11,17-20H,12-13H2,1H3. The van der Waals surface area contributed by atoms with Crippen molar-refractivity contribution in [3.63, 3.8) is 0 Å². The highest BCUT2D eigenvalue weighted by molar-refractivity contribution is 6.12. The minimum absolute atomic E-state index is 0.00801. The molecule has 0 heterocycles. The van der Waals surface area contributed by atoms with Gasteiger partial charge in [-0.15, -0.1) is 0 Å². The van der Waals surface area contributed by atoms with E-state index in [0.717, 1.165) is 0 Å². The van der Waals surface area contributed by atoms with Crippen molar-refractivity contribution in [2.75, 3.05) is 6.61 Å². The van der Waals surface area contributed by atoms with Crippen LogP contribution in [-0.4, -0.2) is 44.6 Å². The zero-order chi connectivity index (χ0) is 20.8. The zero-order valence-electron chi connectivity index (χ0n) is 16.0. The molecule has 29 heavy (non-hydrogen) atoms. The van der Waals surface area contributed by atoms with E-state index in [9.17, 15) is 14.4 Å². The molecular formula is C22H21BO6. The molecule has 1 fully saturated rings. The predicted octanol–water partition coefficient (Wildman–Crippen LogP) is 2.98. The summed E-state index contributed by atoms with van der Waals surface area (Å²) in [4.78, 5) is 36.3. The molecule has 3 rings (SSSR count). The summed E-state index contributed by atoms with van der Waals surface area (Å²) in [5.74, 6) is -2.49. The van der Waals surface area contributed by atoms with Crippen LogP contribution in [0.3, 0.4) is 0 Å². The number of hydrogen-bond donors (Lipinski definition) is 0. The van der Waals surface area contributed by atoms with E-state index in [0.29, 0.717) is 17.5 Å². The maximum atomic E-state index is 12.5. The van der Waals surface area contributed by atoms with Gasteiger partial charge in [-0.1, -0.05) is 36.4 Å². The fraction of sp³-hybridized carbons (Fsp3) is 0.318. The van der Waals surface area contributed by atoms with Crippen molar-refractivity contribution in [3.05, 3.63) is 71.8 Å². The van der Waals surface area contributed by atoms with Gasteiger partial charge in [0.15, 0.2) is 0 Å². The van der Waals surface area contributed by atoms with Gasteiger partial charge in [-0.05, 0) is 36.5 Å². The van der Waals surface area contributed by atoms with Crippen LogP contribution in [0.2, 0.25) is 5.82 Å². The molecule has 148 valence electrons. The zero-order valence-corrected chi connectivity index (χ0v) is 16.0. The normalized spacial score (nSPS) is 23.2. The average molecular weight is 392 g/mol. The summed E-state index contributed by atoms with van der Waals surface area (Å²) in [6.45, 7) is 1.26. The van der Waals surface area contributed by atoms with Crippen molar-refractivity contribution in [1.82, 2.24) is 0 Å². The van der Waals surface area contributed by atoms with Crippen molar-refractivity contribution in [2.24, 2.45) is 5.92 Å². The summed E-state index contributed by atoms with van der Waals surface area (Å²) in [5, 5.41) is 0. The molecular weight excluding hydrogens is 371 g/mol. The van der Waals surface area contributed by atoms with E-state index in [1.807, 2.05) is 0 Å². The summed E-state index contributed by atoms with van der Waals surface area (Å²) in [6.07, 6.45) is -1.24. The van der Waals surface area contributed by atoms with Gasteiger partial charge in [-0.3, -0.25) is 4.79 Å². The molecule has 4 unspecified atom stereocenters. The summed E-state index contributed by atoms with van der Waals surface area (Å²) < 4.78 is 16.4. The van der Waals surface area contributed by atoms with E-state index in [2.05, 4.69) is 0 Å². The van der Waals surface area contributed by atoms with Crippen molar-refractivity contribution in [1.29, 1.82) is 0 Å². The molecule has 1 aliphatic rings. The third-order valence-corrected chi connectivity index (χ3v) is 4.78. The van der Waals surface area contributed by atoms with Crippen LogP contribution in [0.5, 0.6) is 0 Å². The SMILES string of the molecule is [B]C1CC(COC(=O)c2ccccc2)C(OC(=O)c2ccccc2)C1OC(C)=O. The third-order valence-electron chi connectivity index (χ3n) is 4.78. The molecule has 1 aliphatic carbocycles. The van der Waals surface area contributed by atoms with Crippen LogP contribution < -0.4 is 0 Å². The largest absolute Gasteiger partial charge is 0.462 e. The first-order valence-electron chi connectivity index (χ1n) is 9.36. The van der Waals surface area contributed by atoms with E-state index >= 15 is 0 Å². The molecule has 4 atom stereocenters. The van der Waals surface area contributed by atoms with Gasteiger partial charge in [-0.2, -0.15) is 0 Å². The smallest absolute Gasteiger partial charge is 0.338 e. The number of hydrogen-bond acceptors (Lipinski definition) is 6. The molecule has 0 amide bonds. The molecule has 1 saturated carbocycles. The molecule has 0 spiro atoms. The van der Waals surface area contributed by atoms with E-state index in [1.165, 1.54) is 6.92 Å². The fourth-order valence-corrected chi connectivity index (χ4v) is 3.41. The van der Waals surface area contributed by atoms with Crippen molar-refractivity contribution >= 4 is 25.8 Å². The summed E-state index contributed by atoms with van der Waals surface area (Å²) in [7, 11) is 6.13. The maximum Gasteiger partial charge on any atom is 0.338 e. The van der Waals surface area contributed by atoms with Crippen LogP contribution in [0.4, 0.5) is 0 Å². The van der Waals surface area contributed by atoms with Crippen LogP contribution in [0.15, 0.2) is 60.7 Å². The molecule has 0 saturated heterocycles. The van der Waals surface area contributed by atoms with Gasteiger partial charge in [0.2, 0.25) is 0 Å². The quantitative estimate of drug-likeness (QED) is 0.427.